The van der Waals surface area contributed by atoms with E-state index in [4.69, 9.17) is 10.5 Å². The van der Waals surface area contributed by atoms with E-state index in [1.54, 1.807) is 0 Å². The van der Waals surface area contributed by atoms with Gasteiger partial charge < -0.3 is 15.8 Å². The molecule has 2 fully saturated rings. The monoisotopic (exact) mass is 268 g/mol. The van der Waals surface area contributed by atoms with Crippen LogP contribution in [0, 0.1) is 11.3 Å². The van der Waals surface area contributed by atoms with E-state index in [1.165, 1.54) is 0 Å². The second-order valence-electron chi connectivity index (χ2n) is 7.40. The average Bonchev–Trinajstić information content (AvgIpc) is 3.09. The fourth-order valence-corrected chi connectivity index (χ4v) is 3.11. The minimum atomic E-state index is -0.391. The van der Waals surface area contributed by atoms with Crippen LogP contribution in [0.2, 0.25) is 0 Å². The van der Waals surface area contributed by atoms with E-state index in [0.29, 0.717) is 5.92 Å². The molecule has 1 saturated heterocycles. The second-order valence-corrected chi connectivity index (χ2v) is 7.40. The molecule has 2 aliphatic rings. The number of amides is 1. The third kappa shape index (κ3) is 3.93. The predicted molar refractivity (Wildman–Crippen MR) is 75.7 cm³/mol. The zero-order chi connectivity index (χ0) is 14.1. The van der Waals surface area contributed by atoms with Gasteiger partial charge in [0.1, 0.15) is 0 Å². The summed E-state index contributed by atoms with van der Waals surface area (Å²) < 4.78 is 5.40. The average molecular weight is 268 g/mol. The first-order valence-corrected chi connectivity index (χ1v) is 7.48. The summed E-state index contributed by atoms with van der Waals surface area (Å²) in [5.74, 6) is 0.603. The van der Waals surface area contributed by atoms with E-state index < -0.39 is 6.04 Å². The maximum Gasteiger partial charge on any atom is 0.237 e. The summed E-state index contributed by atoms with van der Waals surface area (Å²) in [7, 11) is 0. The summed E-state index contributed by atoms with van der Waals surface area (Å²) in [6.45, 7) is 8.01. The van der Waals surface area contributed by atoms with Crippen LogP contribution >= 0.6 is 0 Å². The molecule has 2 rings (SSSR count). The van der Waals surface area contributed by atoms with Gasteiger partial charge in [0.15, 0.2) is 0 Å². The lowest BCUT2D eigenvalue weighted by atomic mass is 9.86. The van der Waals surface area contributed by atoms with Crippen LogP contribution in [0.25, 0.3) is 0 Å². The maximum atomic E-state index is 12.3. The minimum absolute atomic E-state index is 0.0268. The zero-order valence-corrected chi connectivity index (χ0v) is 12.5. The Morgan fingerprint density at radius 2 is 1.95 bits per heavy atom. The number of hydrogen-bond donors (Lipinski definition) is 2. The van der Waals surface area contributed by atoms with Crippen LogP contribution in [0.1, 0.15) is 52.9 Å². The van der Waals surface area contributed by atoms with Gasteiger partial charge in [-0.2, -0.15) is 0 Å². The number of nitrogens with two attached hydrogens (primary N) is 1. The Morgan fingerprint density at radius 1 is 1.37 bits per heavy atom. The van der Waals surface area contributed by atoms with E-state index in [-0.39, 0.29) is 16.9 Å². The van der Waals surface area contributed by atoms with Gasteiger partial charge in [0, 0.05) is 18.8 Å². The van der Waals surface area contributed by atoms with Crippen molar-refractivity contribution in [3.8, 4) is 0 Å². The molecule has 0 aromatic rings. The van der Waals surface area contributed by atoms with Crippen LogP contribution in [0.15, 0.2) is 0 Å². The van der Waals surface area contributed by atoms with Crippen LogP contribution in [0.3, 0.4) is 0 Å². The highest BCUT2D eigenvalue weighted by molar-refractivity contribution is 5.82. The summed E-state index contributed by atoms with van der Waals surface area (Å²) in [6.07, 6.45) is 5.06. The van der Waals surface area contributed by atoms with Crippen molar-refractivity contribution in [2.75, 3.05) is 13.2 Å². The topological polar surface area (TPSA) is 64.4 Å². The summed E-state index contributed by atoms with van der Waals surface area (Å²) in [4.78, 5) is 12.3. The lowest BCUT2D eigenvalue weighted by Crippen LogP contribution is -2.51. The Labute approximate surface area is 116 Å². The fourth-order valence-electron chi connectivity index (χ4n) is 3.11. The maximum absolute atomic E-state index is 12.3. The Bertz CT molecular complexity index is 326. The van der Waals surface area contributed by atoms with Crippen molar-refractivity contribution in [1.29, 1.82) is 0 Å². The molecule has 4 nitrogen and oxygen atoms in total. The number of nitrogens with one attached hydrogen (secondary N) is 1. The van der Waals surface area contributed by atoms with Gasteiger partial charge in [0.05, 0.1) is 6.04 Å². The van der Waals surface area contributed by atoms with Gasteiger partial charge in [-0.25, -0.2) is 0 Å². The number of rotatable bonds is 4. The van der Waals surface area contributed by atoms with Crippen molar-refractivity contribution < 1.29 is 9.53 Å². The number of hydrogen-bond acceptors (Lipinski definition) is 3. The van der Waals surface area contributed by atoms with Gasteiger partial charge in [0.2, 0.25) is 5.91 Å². The molecular formula is C15H28N2O2. The molecule has 19 heavy (non-hydrogen) atoms. The SMILES string of the molecule is CC(C)(C)CC(N)C(=O)NC1(C2CCOCC2)CC1. The highest BCUT2D eigenvalue weighted by atomic mass is 16.5. The van der Waals surface area contributed by atoms with E-state index >= 15 is 0 Å². The molecule has 4 heteroatoms. The molecule has 1 heterocycles. The van der Waals surface area contributed by atoms with E-state index in [2.05, 4.69) is 26.1 Å². The molecule has 0 aromatic heterocycles. The van der Waals surface area contributed by atoms with Crippen LogP contribution in [-0.4, -0.2) is 30.7 Å². The first-order valence-electron chi connectivity index (χ1n) is 7.48. The van der Waals surface area contributed by atoms with Gasteiger partial charge in [-0.3, -0.25) is 4.79 Å². The summed E-state index contributed by atoms with van der Waals surface area (Å²) in [6, 6.07) is -0.391. The quantitative estimate of drug-likeness (QED) is 0.817. The first kappa shape index (κ1) is 14.8. The standard InChI is InChI=1S/C15H28N2O2/c1-14(2,3)10-12(16)13(18)17-15(6-7-15)11-4-8-19-9-5-11/h11-12H,4-10,16H2,1-3H3,(H,17,18). The molecule has 1 aliphatic carbocycles. The number of carbonyl (C=O) groups excluding carboxylic acids is 1. The number of ether oxygens (including phenoxy) is 1. The summed E-state index contributed by atoms with van der Waals surface area (Å²) in [5, 5.41) is 3.24. The van der Waals surface area contributed by atoms with Gasteiger partial charge >= 0.3 is 0 Å². The lowest BCUT2D eigenvalue weighted by molar-refractivity contribution is -0.124. The van der Waals surface area contributed by atoms with Crippen LogP contribution < -0.4 is 11.1 Å². The smallest absolute Gasteiger partial charge is 0.237 e. The molecule has 1 amide bonds. The van der Waals surface area contributed by atoms with Crippen molar-refractivity contribution in [1.82, 2.24) is 5.32 Å². The molecular weight excluding hydrogens is 240 g/mol. The predicted octanol–water partition coefficient (Wildman–Crippen LogP) is 1.83. The summed E-state index contributed by atoms with van der Waals surface area (Å²) >= 11 is 0. The molecule has 0 bridgehead atoms. The largest absolute Gasteiger partial charge is 0.381 e. The molecule has 3 N–H and O–H groups in total. The van der Waals surface area contributed by atoms with Gasteiger partial charge in [-0.15, -0.1) is 0 Å². The molecule has 0 radical (unpaired) electrons. The molecule has 1 atom stereocenters. The second kappa shape index (κ2) is 5.41. The van der Waals surface area contributed by atoms with Crippen molar-refractivity contribution in [3.05, 3.63) is 0 Å². The summed E-state index contributed by atoms with van der Waals surface area (Å²) in [5.41, 5.74) is 6.16. The van der Waals surface area contributed by atoms with Crippen LogP contribution in [0.4, 0.5) is 0 Å². The van der Waals surface area contributed by atoms with Gasteiger partial charge in [0.25, 0.3) is 0 Å². The zero-order valence-electron chi connectivity index (χ0n) is 12.5. The van der Waals surface area contributed by atoms with Crippen LogP contribution in [-0.2, 0) is 9.53 Å². The van der Waals surface area contributed by atoms with Gasteiger partial charge in [-0.05, 0) is 43.4 Å². The molecule has 1 aliphatic heterocycles. The van der Waals surface area contributed by atoms with Gasteiger partial charge in [-0.1, -0.05) is 20.8 Å². The first-order chi connectivity index (χ1) is 8.82. The lowest BCUT2D eigenvalue weighted by Gasteiger charge is -2.32. The highest BCUT2D eigenvalue weighted by Gasteiger charge is 2.50. The Morgan fingerprint density at radius 3 is 2.42 bits per heavy atom. The Hall–Kier alpha value is -0.610. The van der Waals surface area contributed by atoms with E-state index in [0.717, 1.165) is 45.3 Å². The van der Waals surface area contributed by atoms with E-state index in [1.807, 2.05) is 0 Å². The highest BCUT2D eigenvalue weighted by Crippen LogP contribution is 2.46. The number of carbonyl (C=O) groups is 1. The van der Waals surface area contributed by atoms with Crippen molar-refractivity contribution in [2.24, 2.45) is 17.1 Å². The van der Waals surface area contributed by atoms with Crippen molar-refractivity contribution in [3.63, 3.8) is 0 Å². The molecule has 0 aromatic carbocycles. The third-order valence-electron chi connectivity index (χ3n) is 4.33. The van der Waals surface area contributed by atoms with E-state index in [9.17, 15) is 4.79 Å². The third-order valence-corrected chi connectivity index (χ3v) is 4.33. The molecule has 0 spiro atoms. The van der Waals surface area contributed by atoms with Crippen molar-refractivity contribution >= 4 is 5.91 Å². The Balaban J connectivity index is 1.87. The Kier molecular flexibility index (Phi) is 4.21. The normalized spacial score (nSPS) is 24.8. The molecule has 110 valence electrons. The molecule has 1 unspecified atom stereocenters. The van der Waals surface area contributed by atoms with Crippen LogP contribution in [0.5, 0.6) is 0 Å². The molecule has 1 saturated carbocycles. The van der Waals surface area contributed by atoms with Crippen molar-refractivity contribution in [2.45, 2.75) is 64.5 Å². The minimum Gasteiger partial charge on any atom is -0.381 e. The fraction of sp³-hybridized carbons (Fsp3) is 0.933.